The summed E-state index contributed by atoms with van der Waals surface area (Å²) < 4.78 is 44.9. The highest BCUT2D eigenvalue weighted by molar-refractivity contribution is 5.94. The van der Waals surface area contributed by atoms with E-state index in [0.29, 0.717) is 11.6 Å². The number of ether oxygens (including phenoxy) is 1. The molecule has 8 heteroatoms. The van der Waals surface area contributed by atoms with Crippen molar-refractivity contribution in [3.8, 4) is 0 Å². The van der Waals surface area contributed by atoms with Gasteiger partial charge in [-0.15, -0.1) is 0 Å². The first kappa shape index (κ1) is 18.4. The first-order chi connectivity index (χ1) is 11.9. The van der Waals surface area contributed by atoms with Crippen LogP contribution in [-0.2, 0) is 16.1 Å². The van der Waals surface area contributed by atoms with Crippen LogP contribution in [0.5, 0.6) is 0 Å². The third-order valence-corrected chi connectivity index (χ3v) is 3.46. The predicted molar refractivity (Wildman–Crippen MR) is 81.9 cm³/mol. The summed E-state index contributed by atoms with van der Waals surface area (Å²) in [7, 11) is 1.20. The van der Waals surface area contributed by atoms with Crippen molar-refractivity contribution in [2.75, 3.05) is 13.7 Å². The predicted octanol–water partition coefficient (Wildman–Crippen LogP) is 2.70. The fraction of sp³-hybridized carbons (Fsp3) is 0.235. The summed E-state index contributed by atoms with van der Waals surface area (Å²) in [5, 5.41) is 0. The lowest BCUT2D eigenvalue weighted by atomic mass is 10.1. The van der Waals surface area contributed by atoms with Crippen LogP contribution in [0, 0.1) is 17.5 Å². The van der Waals surface area contributed by atoms with Crippen LogP contribution in [0.2, 0.25) is 0 Å². The van der Waals surface area contributed by atoms with E-state index in [1.807, 2.05) is 0 Å². The molecule has 0 unspecified atom stereocenters. The number of aromatic nitrogens is 1. The molecular weight excluding hydrogens is 337 g/mol. The number of halogens is 3. The SMILES string of the molecule is COC(=O)CCN(Cc1cccnc1)C(=O)c1ccc(F)c(F)c1F. The van der Waals surface area contributed by atoms with Crippen LogP contribution in [0.25, 0.3) is 0 Å². The van der Waals surface area contributed by atoms with Crippen LogP contribution in [0.4, 0.5) is 13.2 Å². The van der Waals surface area contributed by atoms with Crippen molar-refractivity contribution in [2.45, 2.75) is 13.0 Å². The third-order valence-electron chi connectivity index (χ3n) is 3.46. The van der Waals surface area contributed by atoms with Gasteiger partial charge >= 0.3 is 5.97 Å². The minimum absolute atomic E-state index is 0.0160. The van der Waals surface area contributed by atoms with Crippen molar-refractivity contribution in [1.29, 1.82) is 0 Å². The molecular formula is C17H15F3N2O3. The zero-order valence-electron chi connectivity index (χ0n) is 13.3. The number of methoxy groups -OCH3 is 1. The summed E-state index contributed by atoms with van der Waals surface area (Å²) in [6, 6.07) is 4.88. The Labute approximate surface area is 142 Å². The number of carbonyl (C=O) groups is 2. The summed E-state index contributed by atoms with van der Waals surface area (Å²) in [6.07, 6.45) is 2.91. The van der Waals surface area contributed by atoms with E-state index in [0.717, 1.165) is 11.0 Å². The monoisotopic (exact) mass is 352 g/mol. The van der Waals surface area contributed by atoms with Crippen molar-refractivity contribution in [1.82, 2.24) is 9.88 Å². The molecule has 0 atom stereocenters. The van der Waals surface area contributed by atoms with Crippen LogP contribution in [0.3, 0.4) is 0 Å². The van der Waals surface area contributed by atoms with Gasteiger partial charge in [0, 0.05) is 25.5 Å². The molecule has 132 valence electrons. The van der Waals surface area contributed by atoms with Gasteiger partial charge in [0.25, 0.3) is 5.91 Å². The molecule has 0 aliphatic carbocycles. The molecule has 1 heterocycles. The summed E-state index contributed by atoms with van der Waals surface area (Å²) in [5.41, 5.74) is 0.0105. The van der Waals surface area contributed by atoms with Crippen molar-refractivity contribution < 1.29 is 27.5 Å². The molecule has 5 nitrogen and oxygen atoms in total. The van der Waals surface area contributed by atoms with Gasteiger partial charge in [-0.2, -0.15) is 0 Å². The molecule has 0 N–H and O–H groups in total. The molecule has 0 bridgehead atoms. The minimum atomic E-state index is -1.72. The van der Waals surface area contributed by atoms with Gasteiger partial charge in [-0.05, 0) is 23.8 Å². The number of esters is 1. The van der Waals surface area contributed by atoms with Crippen molar-refractivity contribution >= 4 is 11.9 Å². The van der Waals surface area contributed by atoms with Gasteiger partial charge in [0.05, 0.1) is 19.1 Å². The van der Waals surface area contributed by atoms with Crippen molar-refractivity contribution in [3.63, 3.8) is 0 Å². The zero-order valence-corrected chi connectivity index (χ0v) is 13.3. The van der Waals surface area contributed by atoms with E-state index < -0.39 is 34.9 Å². The van der Waals surface area contributed by atoms with E-state index in [9.17, 15) is 22.8 Å². The van der Waals surface area contributed by atoms with E-state index in [1.54, 1.807) is 18.3 Å². The number of benzene rings is 1. The number of nitrogens with zero attached hydrogens (tertiary/aromatic N) is 2. The second-order valence-corrected chi connectivity index (χ2v) is 5.14. The number of hydrogen-bond donors (Lipinski definition) is 0. The Morgan fingerprint density at radius 2 is 1.92 bits per heavy atom. The van der Waals surface area contributed by atoms with Gasteiger partial charge in [-0.3, -0.25) is 14.6 Å². The highest BCUT2D eigenvalue weighted by atomic mass is 19.2. The molecule has 0 radical (unpaired) electrons. The van der Waals surface area contributed by atoms with Gasteiger partial charge in [-0.25, -0.2) is 13.2 Å². The van der Waals surface area contributed by atoms with E-state index >= 15 is 0 Å². The lowest BCUT2D eigenvalue weighted by Crippen LogP contribution is -2.33. The molecule has 0 saturated carbocycles. The molecule has 0 aliphatic rings. The molecule has 0 fully saturated rings. The van der Waals surface area contributed by atoms with Crippen LogP contribution in [0.1, 0.15) is 22.3 Å². The molecule has 0 aliphatic heterocycles. The number of amides is 1. The van der Waals surface area contributed by atoms with Gasteiger partial charge in [-0.1, -0.05) is 6.07 Å². The number of rotatable bonds is 6. The topological polar surface area (TPSA) is 59.5 Å². The molecule has 1 aromatic heterocycles. The highest BCUT2D eigenvalue weighted by Gasteiger charge is 2.24. The van der Waals surface area contributed by atoms with Crippen molar-refractivity contribution in [2.24, 2.45) is 0 Å². The quantitative estimate of drug-likeness (QED) is 0.592. The van der Waals surface area contributed by atoms with Crippen LogP contribution >= 0.6 is 0 Å². The fourth-order valence-corrected chi connectivity index (χ4v) is 2.15. The lowest BCUT2D eigenvalue weighted by Gasteiger charge is -2.22. The van der Waals surface area contributed by atoms with Crippen LogP contribution < -0.4 is 0 Å². The Balaban J connectivity index is 2.28. The van der Waals surface area contributed by atoms with Gasteiger partial charge in [0.2, 0.25) is 0 Å². The second-order valence-electron chi connectivity index (χ2n) is 5.14. The van der Waals surface area contributed by atoms with E-state index in [-0.39, 0.29) is 19.5 Å². The molecule has 0 spiro atoms. The Morgan fingerprint density at radius 3 is 2.56 bits per heavy atom. The average molecular weight is 352 g/mol. The minimum Gasteiger partial charge on any atom is -0.469 e. The van der Waals surface area contributed by atoms with Gasteiger partial charge in [0.1, 0.15) is 0 Å². The molecule has 1 amide bonds. The standard InChI is InChI=1S/C17H15F3N2O3/c1-25-14(23)6-8-22(10-11-3-2-7-21-9-11)17(24)12-4-5-13(18)16(20)15(12)19/h2-5,7,9H,6,8,10H2,1H3. The normalized spacial score (nSPS) is 10.4. The molecule has 0 saturated heterocycles. The fourth-order valence-electron chi connectivity index (χ4n) is 2.15. The molecule has 2 aromatic rings. The first-order valence-electron chi connectivity index (χ1n) is 7.32. The third kappa shape index (κ3) is 4.56. The van der Waals surface area contributed by atoms with Crippen LogP contribution in [0.15, 0.2) is 36.7 Å². The average Bonchev–Trinajstić information content (AvgIpc) is 2.63. The van der Waals surface area contributed by atoms with Gasteiger partial charge < -0.3 is 9.64 Å². The molecule has 2 rings (SSSR count). The van der Waals surface area contributed by atoms with Crippen molar-refractivity contribution in [3.05, 3.63) is 65.2 Å². The number of hydrogen-bond acceptors (Lipinski definition) is 4. The Hall–Kier alpha value is -2.90. The smallest absolute Gasteiger partial charge is 0.307 e. The first-order valence-corrected chi connectivity index (χ1v) is 7.32. The maximum atomic E-state index is 13.9. The summed E-state index contributed by atoms with van der Waals surface area (Å²) in [4.78, 5) is 28.9. The number of carbonyl (C=O) groups excluding carboxylic acids is 2. The van der Waals surface area contributed by atoms with Gasteiger partial charge in [0.15, 0.2) is 17.5 Å². The van der Waals surface area contributed by atoms with E-state index in [2.05, 4.69) is 9.72 Å². The van der Waals surface area contributed by atoms with E-state index in [4.69, 9.17) is 0 Å². The Bertz CT molecular complexity index is 769. The summed E-state index contributed by atoms with van der Waals surface area (Å²) >= 11 is 0. The largest absolute Gasteiger partial charge is 0.469 e. The maximum Gasteiger partial charge on any atom is 0.307 e. The summed E-state index contributed by atoms with van der Waals surface area (Å²) in [6.45, 7) is -0.0685. The zero-order chi connectivity index (χ0) is 18.4. The molecule has 1 aromatic carbocycles. The Kier molecular flexibility index (Phi) is 6.10. The summed E-state index contributed by atoms with van der Waals surface area (Å²) in [5.74, 6) is -6.11. The second kappa shape index (κ2) is 8.27. The molecule has 25 heavy (non-hydrogen) atoms. The Morgan fingerprint density at radius 1 is 1.16 bits per heavy atom. The lowest BCUT2D eigenvalue weighted by molar-refractivity contribution is -0.140. The highest BCUT2D eigenvalue weighted by Crippen LogP contribution is 2.18. The maximum absolute atomic E-state index is 13.9. The number of pyridine rings is 1. The van der Waals surface area contributed by atoms with Crippen LogP contribution in [-0.4, -0.2) is 35.4 Å². The van der Waals surface area contributed by atoms with E-state index in [1.165, 1.54) is 13.3 Å².